The van der Waals surface area contributed by atoms with Gasteiger partial charge in [-0.2, -0.15) is 0 Å². The van der Waals surface area contributed by atoms with Gasteiger partial charge in [0.1, 0.15) is 0 Å². The fraction of sp³-hybridized carbons (Fsp3) is 0.190. The van der Waals surface area contributed by atoms with E-state index in [1.54, 1.807) is 43.3 Å². The number of fused-ring (bicyclic) bond motifs is 1. The Hall–Kier alpha value is -2.67. The number of nitrogens with zero attached hydrogens (tertiary/aromatic N) is 2. The lowest BCUT2D eigenvalue weighted by Crippen LogP contribution is -2.43. The van der Waals surface area contributed by atoms with E-state index in [2.05, 4.69) is 15.6 Å². The van der Waals surface area contributed by atoms with Crippen LogP contribution in [0.15, 0.2) is 54.7 Å². The Bertz CT molecular complexity index is 1030. The molecule has 1 heterocycles. The molecule has 2 aromatic carbocycles. The third-order valence-electron chi connectivity index (χ3n) is 4.56. The molecule has 150 valence electrons. The second kappa shape index (κ2) is 9.22. The van der Waals surface area contributed by atoms with Gasteiger partial charge in [0.15, 0.2) is 0 Å². The first-order valence-electron chi connectivity index (χ1n) is 8.95. The standard InChI is InChI=1S/C21H20Cl2N4O2/c1-13(21(29)25-18-10-4-9-17-14(18)6-5-11-24-17)27(2)12-19(28)26-20-15(22)7-3-8-16(20)23/h3-11,13H,12H2,1-2H3,(H,25,29)(H,26,28)/t13-/m1/s1. The lowest BCUT2D eigenvalue weighted by Gasteiger charge is -2.23. The average Bonchev–Trinajstić information content (AvgIpc) is 2.70. The molecule has 0 aliphatic rings. The summed E-state index contributed by atoms with van der Waals surface area (Å²) in [7, 11) is 1.70. The van der Waals surface area contributed by atoms with Gasteiger partial charge in [0.05, 0.1) is 39.5 Å². The zero-order valence-corrected chi connectivity index (χ0v) is 17.5. The summed E-state index contributed by atoms with van der Waals surface area (Å²) in [6.45, 7) is 1.72. The summed E-state index contributed by atoms with van der Waals surface area (Å²) < 4.78 is 0. The molecule has 8 heteroatoms. The molecule has 29 heavy (non-hydrogen) atoms. The van der Waals surface area contributed by atoms with Crippen molar-refractivity contribution in [2.24, 2.45) is 0 Å². The van der Waals surface area contributed by atoms with Crippen LogP contribution in [-0.2, 0) is 9.59 Å². The molecule has 3 rings (SSSR count). The highest BCUT2D eigenvalue weighted by atomic mass is 35.5. The number of likely N-dealkylation sites (N-methyl/N-ethyl adjacent to an activating group) is 1. The van der Waals surface area contributed by atoms with Crippen molar-refractivity contribution in [2.75, 3.05) is 24.2 Å². The second-order valence-electron chi connectivity index (χ2n) is 6.60. The number of carbonyl (C=O) groups excluding carboxylic acids is 2. The van der Waals surface area contributed by atoms with Crippen LogP contribution in [0.3, 0.4) is 0 Å². The quantitative estimate of drug-likeness (QED) is 0.605. The molecule has 0 saturated carbocycles. The van der Waals surface area contributed by atoms with Crippen molar-refractivity contribution in [3.8, 4) is 0 Å². The van der Waals surface area contributed by atoms with Gasteiger partial charge in [0.25, 0.3) is 0 Å². The number of hydrogen-bond donors (Lipinski definition) is 2. The molecule has 1 aromatic heterocycles. The summed E-state index contributed by atoms with van der Waals surface area (Å²) in [4.78, 5) is 31.0. The Kier molecular flexibility index (Phi) is 6.69. The van der Waals surface area contributed by atoms with Crippen molar-refractivity contribution in [2.45, 2.75) is 13.0 Å². The molecule has 2 amide bonds. The molecule has 6 nitrogen and oxygen atoms in total. The smallest absolute Gasteiger partial charge is 0.241 e. The zero-order valence-electron chi connectivity index (χ0n) is 15.9. The summed E-state index contributed by atoms with van der Waals surface area (Å²) in [6.07, 6.45) is 1.70. The first-order valence-corrected chi connectivity index (χ1v) is 9.71. The fourth-order valence-electron chi connectivity index (χ4n) is 2.81. The number of amides is 2. The number of rotatable bonds is 6. The lowest BCUT2D eigenvalue weighted by molar-refractivity contribution is -0.122. The van der Waals surface area contributed by atoms with Crippen LogP contribution in [0.25, 0.3) is 10.9 Å². The Labute approximate surface area is 178 Å². The van der Waals surface area contributed by atoms with Gasteiger partial charge in [-0.05, 0) is 50.4 Å². The van der Waals surface area contributed by atoms with Crippen molar-refractivity contribution < 1.29 is 9.59 Å². The van der Waals surface area contributed by atoms with Crippen LogP contribution < -0.4 is 10.6 Å². The number of carbonyl (C=O) groups is 2. The minimum Gasteiger partial charge on any atom is -0.324 e. The van der Waals surface area contributed by atoms with E-state index in [-0.39, 0.29) is 18.4 Å². The summed E-state index contributed by atoms with van der Waals surface area (Å²) in [6, 6.07) is 13.7. The monoisotopic (exact) mass is 430 g/mol. The maximum absolute atomic E-state index is 12.7. The van der Waals surface area contributed by atoms with E-state index in [4.69, 9.17) is 23.2 Å². The molecule has 3 aromatic rings. The second-order valence-corrected chi connectivity index (χ2v) is 7.42. The van der Waals surface area contributed by atoms with E-state index in [0.29, 0.717) is 21.4 Å². The summed E-state index contributed by atoms with van der Waals surface area (Å²) >= 11 is 12.2. The van der Waals surface area contributed by atoms with Gasteiger partial charge in [-0.15, -0.1) is 0 Å². The van der Waals surface area contributed by atoms with Crippen molar-refractivity contribution >= 4 is 57.3 Å². The molecule has 0 aliphatic carbocycles. The highest BCUT2D eigenvalue weighted by Gasteiger charge is 2.21. The van der Waals surface area contributed by atoms with Crippen LogP contribution in [0.5, 0.6) is 0 Å². The Morgan fingerprint density at radius 3 is 2.45 bits per heavy atom. The highest BCUT2D eigenvalue weighted by Crippen LogP contribution is 2.29. The molecule has 1 atom stereocenters. The predicted molar refractivity (Wildman–Crippen MR) is 118 cm³/mol. The Morgan fingerprint density at radius 2 is 1.72 bits per heavy atom. The van der Waals surface area contributed by atoms with Gasteiger partial charge in [-0.1, -0.05) is 35.3 Å². The molecule has 0 fully saturated rings. The summed E-state index contributed by atoms with van der Waals surface area (Å²) in [5, 5.41) is 7.16. The molecule has 0 spiro atoms. The van der Waals surface area contributed by atoms with Gasteiger partial charge >= 0.3 is 0 Å². The van der Waals surface area contributed by atoms with Crippen LogP contribution in [-0.4, -0.2) is 41.3 Å². The average molecular weight is 431 g/mol. The van der Waals surface area contributed by atoms with Crippen LogP contribution in [0.2, 0.25) is 10.0 Å². The number of hydrogen-bond acceptors (Lipinski definition) is 4. The van der Waals surface area contributed by atoms with Crippen LogP contribution >= 0.6 is 23.2 Å². The number of nitrogens with one attached hydrogen (secondary N) is 2. The maximum Gasteiger partial charge on any atom is 0.241 e. The molecule has 0 saturated heterocycles. The SMILES string of the molecule is C[C@H](C(=O)Nc1cccc2ncccc12)N(C)CC(=O)Nc1c(Cl)cccc1Cl. The van der Waals surface area contributed by atoms with Gasteiger partial charge in [0, 0.05) is 11.6 Å². The van der Waals surface area contributed by atoms with Gasteiger partial charge < -0.3 is 10.6 Å². The van der Waals surface area contributed by atoms with E-state index in [1.807, 2.05) is 30.3 Å². The van der Waals surface area contributed by atoms with E-state index in [0.717, 1.165) is 10.9 Å². The van der Waals surface area contributed by atoms with Gasteiger partial charge in [-0.3, -0.25) is 19.5 Å². The van der Waals surface area contributed by atoms with Crippen molar-refractivity contribution in [1.29, 1.82) is 0 Å². The van der Waals surface area contributed by atoms with E-state index in [9.17, 15) is 9.59 Å². The first kappa shape index (κ1) is 21.0. The van der Waals surface area contributed by atoms with E-state index < -0.39 is 6.04 Å². The van der Waals surface area contributed by atoms with Crippen LogP contribution in [0.1, 0.15) is 6.92 Å². The molecule has 0 aliphatic heterocycles. The number of pyridine rings is 1. The van der Waals surface area contributed by atoms with Crippen LogP contribution in [0.4, 0.5) is 11.4 Å². The molecule has 2 N–H and O–H groups in total. The maximum atomic E-state index is 12.7. The summed E-state index contributed by atoms with van der Waals surface area (Å²) in [5.41, 5.74) is 1.82. The van der Waals surface area contributed by atoms with Crippen molar-refractivity contribution in [3.05, 3.63) is 64.8 Å². The van der Waals surface area contributed by atoms with Crippen molar-refractivity contribution in [1.82, 2.24) is 9.88 Å². The van der Waals surface area contributed by atoms with Gasteiger partial charge in [0.2, 0.25) is 11.8 Å². The Morgan fingerprint density at radius 1 is 1.03 bits per heavy atom. The first-order chi connectivity index (χ1) is 13.9. The number of anilines is 2. The summed E-state index contributed by atoms with van der Waals surface area (Å²) in [5.74, 6) is -0.552. The van der Waals surface area contributed by atoms with E-state index >= 15 is 0 Å². The Balaban J connectivity index is 1.64. The molecule has 0 radical (unpaired) electrons. The fourth-order valence-corrected chi connectivity index (χ4v) is 3.30. The predicted octanol–water partition coefficient (Wildman–Crippen LogP) is 4.44. The highest BCUT2D eigenvalue weighted by molar-refractivity contribution is 6.39. The molecular formula is C21H20Cl2N4O2. The number of halogens is 2. The zero-order chi connectivity index (χ0) is 21.0. The van der Waals surface area contributed by atoms with Crippen LogP contribution in [0, 0.1) is 0 Å². The van der Waals surface area contributed by atoms with Crippen molar-refractivity contribution in [3.63, 3.8) is 0 Å². The topological polar surface area (TPSA) is 74.3 Å². The molecular weight excluding hydrogens is 411 g/mol. The number of benzene rings is 2. The van der Waals surface area contributed by atoms with Gasteiger partial charge in [-0.25, -0.2) is 0 Å². The third kappa shape index (κ3) is 5.03. The van der Waals surface area contributed by atoms with E-state index in [1.165, 1.54) is 0 Å². The normalized spacial score (nSPS) is 12.0. The lowest BCUT2D eigenvalue weighted by atomic mass is 10.1. The molecule has 0 unspecified atom stereocenters. The number of aromatic nitrogens is 1. The minimum atomic E-state index is -0.547. The third-order valence-corrected chi connectivity index (χ3v) is 5.19. The molecule has 0 bridgehead atoms. The largest absolute Gasteiger partial charge is 0.324 e. The number of para-hydroxylation sites is 1. The minimum absolute atomic E-state index is 0.00671.